The molecule has 0 amide bonds. The summed E-state index contributed by atoms with van der Waals surface area (Å²) in [6.45, 7) is 4.31. The maximum absolute atomic E-state index is 8.78. The molecule has 2 aromatic rings. The normalized spacial score (nSPS) is 10.7. The number of aliphatic hydroxyl groups is 1. The van der Waals surface area contributed by atoms with Gasteiger partial charge < -0.3 is 9.84 Å². The van der Waals surface area contributed by atoms with Gasteiger partial charge in [-0.1, -0.05) is 11.6 Å². The molecule has 2 rings (SSSR count). The number of aryl methyl sites for hydroxylation is 2. The van der Waals surface area contributed by atoms with Crippen LogP contribution in [0.3, 0.4) is 0 Å². The Labute approximate surface area is 94.7 Å². The zero-order valence-corrected chi connectivity index (χ0v) is 9.53. The van der Waals surface area contributed by atoms with E-state index in [1.807, 2.05) is 32.0 Å². The number of pyridine rings is 1. The molecular formula is C13H15NO2. The molecule has 0 unspecified atom stereocenters. The second-order valence-corrected chi connectivity index (χ2v) is 3.85. The zero-order chi connectivity index (χ0) is 11.5. The minimum Gasteiger partial charge on any atom is -0.490 e. The Hall–Kier alpha value is -1.61. The van der Waals surface area contributed by atoms with E-state index in [9.17, 15) is 0 Å². The number of ether oxygens (including phenoxy) is 1. The summed E-state index contributed by atoms with van der Waals surface area (Å²) in [7, 11) is 0. The fourth-order valence-corrected chi connectivity index (χ4v) is 1.71. The van der Waals surface area contributed by atoms with Crippen molar-refractivity contribution in [3.8, 4) is 5.75 Å². The van der Waals surface area contributed by atoms with Gasteiger partial charge in [-0.25, -0.2) is 0 Å². The van der Waals surface area contributed by atoms with Crippen molar-refractivity contribution in [2.45, 2.75) is 13.8 Å². The zero-order valence-electron chi connectivity index (χ0n) is 9.53. The maximum atomic E-state index is 8.78. The third kappa shape index (κ3) is 2.14. The standard InChI is InChI=1S/C13H15NO2/c1-9-3-4-12-11(7-9)13(16-6-5-15)8-10(2)14-12/h3-4,7-8,15H,5-6H2,1-2H3. The monoisotopic (exact) mass is 217 g/mol. The molecule has 16 heavy (non-hydrogen) atoms. The summed E-state index contributed by atoms with van der Waals surface area (Å²) in [6.07, 6.45) is 0. The van der Waals surface area contributed by atoms with Crippen molar-refractivity contribution in [1.82, 2.24) is 4.98 Å². The van der Waals surface area contributed by atoms with Gasteiger partial charge in [-0.05, 0) is 26.0 Å². The van der Waals surface area contributed by atoms with Crippen molar-refractivity contribution in [1.29, 1.82) is 0 Å². The highest BCUT2D eigenvalue weighted by molar-refractivity contribution is 5.85. The number of hydrogen-bond donors (Lipinski definition) is 1. The number of benzene rings is 1. The van der Waals surface area contributed by atoms with E-state index in [1.54, 1.807) is 0 Å². The third-order valence-electron chi connectivity index (χ3n) is 2.40. The Kier molecular flexibility index (Phi) is 3.06. The molecule has 1 aromatic carbocycles. The number of hydrogen-bond acceptors (Lipinski definition) is 3. The van der Waals surface area contributed by atoms with Crippen LogP contribution in [0.4, 0.5) is 0 Å². The van der Waals surface area contributed by atoms with Gasteiger partial charge in [-0.2, -0.15) is 0 Å². The number of nitrogens with zero attached hydrogens (tertiary/aromatic N) is 1. The van der Waals surface area contributed by atoms with Gasteiger partial charge in [0.15, 0.2) is 0 Å². The Morgan fingerprint density at radius 1 is 1.25 bits per heavy atom. The summed E-state index contributed by atoms with van der Waals surface area (Å²) >= 11 is 0. The van der Waals surface area contributed by atoms with Crippen LogP contribution in [0.15, 0.2) is 24.3 Å². The number of aliphatic hydroxyl groups excluding tert-OH is 1. The van der Waals surface area contributed by atoms with Crippen molar-refractivity contribution < 1.29 is 9.84 Å². The lowest BCUT2D eigenvalue weighted by Gasteiger charge is -2.09. The predicted octanol–water partition coefficient (Wildman–Crippen LogP) is 2.22. The van der Waals surface area contributed by atoms with E-state index in [2.05, 4.69) is 11.1 Å². The molecule has 0 atom stereocenters. The van der Waals surface area contributed by atoms with E-state index in [0.717, 1.165) is 22.3 Å². The number of rotatable bonds is 3. The average Bonchev–Trinajstić information content (AvgIpc) is 2.26. The summed E-state index contributed by atoms with van der Waals surface area (Å²) in [4.78, 5) is 4.44. The van der Waals surface area contributed by atoms with Crippen molar-refractivity contribution >= 4 is 10.9 Å². The molecule has 0 aliphatic heterocycles. The molecule has 0 fully saturated rings. The van der Waals surface area contributed by atoms with Gasteiger partial charge in [0.1, 0.15) is 12.4 Å². The fraction of sp³-hybridized carbons (Fsp3) is 0.308. The van der Waals surface area contributed by atoms with E-state index >= 15 is 0 Å². The minimum atomic E-state index is 0.0225. The Morgan fingerprint density at radius 2 is 2.06 bits per heavy atom. The van der Waals surface area contributed by atoms with Crippen LogP contribution in [-0.4, -0.2) is 23.3 Å². The van der Waals surface area contributed by atoms with Crippen LogP contribution in [0.25, 0.3) is 10.9 Å². The molecule has 0 aliphatic rings. The summed E-state index contributed by atoms with van der Waals surface area (Å²) in [5.74, 6) is 0.792. The van der Waals surface area contributed by atoms with Gasteiger partial charge in [-0.15, -0.1) is 0 Å². The van der Waals surface area contributed by atoms with Crippen molar-refractivity contribution in [2.24, 2.45) is 0 Å². The van der Waals surface area contributed by atoms with E-state index in [-0.39, 0.29) is 6.61 Å². The second-order valence-electron chi connectivity index (χ2n) is 3.85. The molecule has 1 heterocycles. The maximum Gasteiger partial charge on any atom is 0.130 e. The molecule has 3 heteroatoms. The van der Waals surface area contributed by atoms with Crippen LogP contribution in [-0.2, 0) is 0 Å². The van der Waals surface area contributed by atoms with Gasteiger partial charge in [-0.3, -0.25) is 4.98 Å². The Balaban J connectivity index is 2.55. The number of aromatic nitrogens is 1. The van der Waals surface area contributed by atoms with Gasteiger partial charge >= 0.3 is 0 Å². The van der Waals surface area contributed by atoms with Crippen LogP contribution in [0.1, 0.15) is 11.3 Å². The Bertz CT molecular complexity index is 509. The smallest absolute Gasteiger partial charge is 0.130 e. The number of fused-ring (bicyclic) bond motifs is 1. The molecule has 3 nitrogen and oxygen atoms in total. The fourth-order valence-electron chi connectivity index (χ4n) is 1.71. The van der Waals surface area contributed by atoms with Crippen LogP contribution < -0.4 is 4.74 Å². The van der Waals surface area contributed by atoms with Crippen molar-refractivity contribution in [3.63, 3.8) is 0 Å². The topological polar surface area (TPSA) is 42.4 Å². The van der Waals surface area contributed by atoms with Gasteiger partial charge in [0.05, 0.1) is 12.1 Å². The Morgan fingerprint density at radius 3 is 2.81 bits per heavy atom. The molecule has 0 radical (unpaired) electrons. The first-order valence-electron chi connectivity index (χ1n) is 5.32. The minimum absolute atomic E-state index is 0.0225. The molecule has 1 aromatic heterocycles. The molecule has 0 saturated heterocycles. The van der Waals surface area contributed by atoms with Gasteiger partial charge in [0, 0.05) is 17.1 Å². The first-order chi connectivity index (χ1) is 7.70. The summed E-state index contributed by atoms with van der Waals surface area (Å²) < 4.78 is 5.51. The molecular weight excluding hydrogens is 202 g/mol. The lowest BCUT2D eigenvalue weighted by molar-refractivity contribution is 0.202. The SMILES string of the molecule is Cc1ccc2nc(C)cc(OCCO)c2c1. The van der Waals surface area contributed by atoms with Crippen LogP contribution >= 0.6 is 0 Å². The summed E-state index contributed by atoms with van der Waals surface area (Å²) in [5.41, 5.74) is 3.02. The third-order valence-corrected chi connectivity index (χ3v) is 2.40. The van der Waals surface area contributed by atoms with Gasteiger partial charge in [0.25, 0.3) is 0 Å². The first kappa shape index (κ1) is 10.9. The summed E-state index contributed by atoms with van der Waals surface area (Å²) in [6, 6.07) is 7.97. The summed E-state index contributed by atoms with van der Waals surface area (Å²) in [5, 5.41) is 9.78. The molecule has 0 saturated carbocycles. The quantitative estimate of drug-likeness (QED) is 0.857. The van der Waals surface area contributed by atoms with E-state index in [4.69, 9.17) is 9.84 Å². The van der Waals surface area contributed by atoms with Crippen LogP contribution in [0.5, 0.6) is 5.75 Å². The van der Waals surface area contributed by atoms with Crippen LogP contribution in [0.2, 0.25) is 0 Å². The molecule has 0 spiro atoms. The van der Waals surface area contributed by atoms with Crippen molar-refractivity contribution in [2.75, 3.05) is 13.2 Å². The molecule has 0 aliphatic carbocycles. The molecule has 84 valence electrons. The van der Waals surface area contributed by atoms with Crippen molar-refractivity contribution in [3.05, 3.63) is 35.5 Å². The molecule has 0 bridgehead atoms. The highest BCUT2D eigenvalue weighted by Gasteiger charge is 2.05. The molecule has 1 N–H and O–H groups in total. The lowest BCUT2D eigenvalue weighted by Crippen LogP contribution is -2.03. The van der Waals surface area contributed by atoms with E-state index in [0.29, 0.717) is 6.61 Å². The lowest BCUT2D eigenvalue weighted by atomic mass is 10.1. The first-order valence-corrected chi connectivity index (χ1v) is 5.32. The van der Waals surface area contributed by atoms with Gasteiger partial charge in [0.2, 0.25) is 0 Å². The average molecular weight is 217 g/mol. The highest BCUT2D eigenvalue weighted by Crippen LogP contribution is 2.26. The predicted molar refractivity (Wildman–Crippen MR) is 63.8 cm³/mol. The second kappa shape index (κ2) is 4.49. The largest absolute Gasteiger partial charge is 0.490 e. The van der Waals surface area contributed by atoms with Crippen LogP contribution in [0, 0.1) is 13.8 Å². The van der Waals surface area contributed by atoms with E-state index < -0.39 is 0 Å². The van der Waals surface area contributed by atoms with E-state index in [1.165, 1.54) is 5.56 Å². The highest BCUT2D eigenvalue weighted by atomic mass is 16.5.